The van der Waals surface area contributed by atoms with Gasteiger partial charge >= 0.3 is 0 Å². The summed E-state index contributed by atoms with van der Waals surface area (Å²) in [7, 11) is 0. The van der Waals surface area contributed by atoms with Crippen molar-refractivity contribution in [1.29, 1.82) is 0 Å². The lowest BCUT2D eigenvalue weighted by atomic mass is 9.94. The molecule has 1 aromatic heterocycles. The van der Waals surface area contributed by atoms with Gasteiger partial charge in [0, 0.05) is 40.2 Å². The van der Waals surface area contributed by atoms with Crippen molar-refractivity contribution in [3.8, 4) is 22.6 Å². The second kappa shape index (κ2) is 10.6. The Morgan fingerprint density at radius 1 is 1.11 bits per heavy atom. The number of fused-ring (bicyclic) bond motifs is 1. The molecule has 37 heavy (non-hydrogen) atoms. The van der Waals surface area contributed by atoms with E-state index in [2.05, 4.69) is 4.90 Å². The Kier molecular flexibility index (Phi) is 7.26. The van der Waals surface area contributed by atoms with Crippen molar-refractivity contribution < 1.29 is 23.4 Å². The Morgan fingerprint density at radius 3 is 2.51 bits per heavy atom. The molecule has 1 N–H and O–H groups in total. The Balaban J connectivity index is 1.43. The van der Waals surface area contributed by atoms with Gasteiger partial charge in [0.1, 0.15) is 23.9 Å². The zero-order valence-corrected chi connectivity index (χ0v) is 21.7. The van der Waals surface area contributed by atoms with E-state index in [-0.39, 0.29) is 29.9 Å². The highest BCUT2D eigenvalue weighted by Crippen LogP contribution is 2.42. The highest BCUT2D eigenvalue weighted by atomic mass is 32.1. The first-order chi connectivity index (χ1) is 17.8. The minimum Gasteiger partial charge on any atom is -0.508 e. The zero-order valence-electron chi connectivity index (χ0n) is 20.9. The summed E-state index contributed by atoms with van der Waals surface area (Å²) in [6, 6.07) is 15.5. The summed E-state index contributed by atoms with van der Waals surface area (Å²) in [5.41, 5.74) is 3.32. The van der Waals surface area contributed by atoms with Gasteiger partial charge in [-0.1, -0.05) is 12.1 Å². The monoisotopic (exact) mass is 521 g/mol. The second-order valence-electron chi connectivity index (χ2n) is 9.71. The number of thiophene rings is 1. The summed E-state index contributed by atoms with van der Waals surface area (Å²) in [6.07, 6.45) is 0.898. The normalized spacial score (nSPS) is 15.9. The van der Waals surface area contributed by atoms with Gasteiger partial charge in [0.25, 0.3) is 0 Å². The summed E-state index contributed by atoms with van der Waals surface area (Å²) in [4.78, 5) is 16.6. The van der Waals surface area contributed by atoms with Gasteiger partial charge in [-0.3, -0.25) is 14.1 Å². The first-order valence-electron chi connectivity index (χ1n) is 12.4. The van der Waals surface area contributed by atoms with Crippen LogP contribution in [0.5, 0.6) is 11.5 Å². The molecule has 0 spiro atoms. The van der Waals surface area contributed by atoms with Gasteiger partial charge in [0.05, 0.1) is 11.6 Å². The predicted molar refractivity (Wildman–Crippen MR) is 144 cm³/mol. The maximum atomic E-state index is 13.9. The number of carbonyl (C=O) groups is 1. The molecule has 1 aliphatic rings. The Morgan fingerprint density at radius 2 is 1.84 bits per heavy atom. The third-order valence-electron chi connectivity index (χ3n) is 7.01. The fourth-order valence-corrected chi connectivity index (χ4v) is 6.37. The molecule has 4 aromatic rings. The molecule has 5 rings (SSSR count). The molecular formula is C30H29F2NO3S. The van der Waals surface area contributed by atoms with Gasteiger partial charge in [-0.15, -0.1) is 11.3 Å². The number of rotatable bonds is 8. The van der Waals surface area contributed by atoms with E-state index < -0.39 is 0 Å². The van der Waals surface area contributed by atoms with Gasteiger partial charge in [-0.2, -0.15) is 0 Å². The van der Waals surface area contributed by atoms with E-state index >= 15 is 0 Å². The average Bonchev–Trinajstić information content (AvgIpc) is 3.48. The molecule has 3 aromatic carbocycles. The minimum atomic E-state index is -0.365. The van der Waals surface area contributed by atoms with Gasteiger partial charge < -0.3 is 9.84 Å². The molecule has 7 heteroatoms. The quantitative estimate of drug-likeness (QED) is 0.256. The van der Waals surface area contributed by atoms with Crippen molar-refractivity contribution in [2.45, 2.75) is 20.3 Å². The number of hydrogen-bond acceptors (Lipinski definition) is 5. The Bertz CT molecular complexity index is 1420. The third kappa shape index (κ3) is 5.24. The summed E-state index contributed by atoms with van der Waals surface area (Å²) in [6.45, 7) is 6.19. The zero-order chi connectivity index (χ0) is 26.1. The van der Waals surface area contributed by atoms with Gasteiger partial charge in [-0.05, 0) is 86.0 Å². The van der Waals surface area contributed by atoms with Gasteiger partial charge in [-0.25, -0.2) is 4.39 Å². The van der Waals surface area contributed by atoms with Crippen molar-refractivity contribution in [1.82, 2.24) is 4.90 Å². The number of phenols is 1. The standard InChI is InChI=1S/C30H29F2NO3S/c1-18-13-22(32)14-19(2)27(18)29(35)30-28(25-8-5-23(34)15-26(25)37-30)21-3-6-24(7-4-21)36-12-11-33-10-9-20(16-31)17-33/h3-8,13-15,20,34H,9-12,16-17H2,1-2H3/t20-/m1/s1. The molecule has 1 saturated heterocycles. The highest BCUT2D eigenvalue weighted by molar-refractivity contribution is 7.21. The van der Waals surface area contributed by atoms with Crippen LogP contribution in [0.15, 0.2) is 54.6 Å². The molecule has 0 bridgehead atoms. The average molecular weight is 522 g/mol. The van der Waals surface area contributed by atoms with Crippen LogP contribution in [0.2, 0.25) is 0 Å². The number of nitrogens with zero attached hydrogens (tertiary/aromatic N) is 1. The molecular weight excluding hydrogens is 492 g/mol. The summed E-state index contributed by atoms with van der Waals surface area (Å²) in [5.74, 6) is 0.466. The van der Waals surface area contributed by atoms with Crippen LogP contribution in [0.4, 0.5) is 8.78 Å². The molecule has 0 radical (unpaired) electrons. The van der Waals surface area contributed by atoms with Gasteiger partial charge in [0.15, 0.2) is 0 Å². The first kappa shape index (κ1) is 25.4. The third-order valence-corrected chi connectivity index (χ3v) is 8.16. The molecule has 0 aliphatic carbocycles. The van der Waals surface area contributed by atoms with Gasteiger partial charge in [0.2, 0.25) is 5.78 Å². The number of alkyl halides is 1. The molecule has 4 nitrogen and oxygen atoms in total. The topological polar surface area (TPSA) is 49.8 Å². The van der Waals surface area contributed by atoms with Crippen LogP contribution in [0.3, 0.4) is 0 Å². The number of aryl methyl sites for hydroxylation is 2. The number of benzene rings is 3. The lowest BCUT2D eigenvalue weighted by Gasteiger charge is -2.16. The number of halogens is 2. The SMILES string of the molecule is Cc1cc(F)cc(C)c1C(=O)c1sc2cc(O)ccc2c1-c1ccc(OCCN2CC[C@H](CF)C2)cc1. The summed E-state index contributed by atoms with van der Waals surface area (Å²) in [5, 5.41) is 10.9. The predicted octanol–water partition coefficient (Wildman–Crippen LogP) is 6.93. The molecule has 2 heterocycles. The van der Waals surface area contributed by atoms with E-state index in [0.29, 0.717) is 28.2 Å². The fourth-order valence-electron chi connectivity index (χ4n) is 5.17. The van der Waals surface area contributed by atoms with Crippen molar-refractivity contribution >= 4 is 27.2 Å². The van der Waals surface area contributed by atoms with Crippen LogP contribution in [0.1, 0.15) is 32.8 Å². The van der Waals surface area contributed by atoms with Crippen LogP contribution in [0.25, 0.3) is 21.2 Å². The van der Waals surface area contributed by atoms with Crippen molar-refractivity contribution in [3.05, 3.63) is 82.0 Å². The molecule has 0 saturated carbocycles. The van der Waals surface area contributed by atoms with Crippen molar-refractivity contribution in [3.63, 3.8) is 0 Å². The highest BCUT2D eigenvalue weighted by Gasteiger charge is 2.25. The number of phenolic OH excluding ortho intramolecular Hbond substituents is 1. The van der Waals surface area contributed by atoms with E-state index in [1.165, 1.54) is 23.5 Å². The Labute approximate surface area is 219 Å². The maximum absolute atomic E-state index is 13.9. The number of aromatic hydroxyl groups is 1. The lowest BCUT2D eigenvalue weighted by Crippen LogP contribution is -2.26. The number of ether oxygens (including phenoxy) is 1. The summed E-state index contributed by atoms with van der Waals surface area (Å²) < 4.78 is 33.5. The van der Waals surface area contributed by atoms with E-state index in [1.807, 2.05) is 30.3 Å². The molecule has 0 unspecified atom stereocenters. The smallest absolute Gasteiger partial charge is 0.204 e. The minimum absolute atomic E-state index is 0.132. The molecule has 192 valence electrons. The number of likely N-dealkylation sites (tertiary alicyclic amines) is 1. The van der Waals surface area contributed by atoms with E-state index in [1.54, 1.807) is 26.0 Å². The van der Waals surface area contributed by atoms with E-state index in [9.17, 15) is 18.7 Å². The number of hydrogen-bond donors (Lipinski definition) is 1. The summed E-state index contributed by atoms with van der Waals surface area (Å²) >= 11 is 1.32. The van der Waals surface area contributed by atoms with E-state index in [0.717, 1.165) is 53.0 Å². The van der Waals surface area contributed by atoms with Crippen LogP contribution < -0.4 is 4.74 Å². The number of ketones is 1. The molecule has 0 amide bonds. The van der Waals surface area contributed by atoms with E-state index in [4.69, 9.17) is 4.74 Å². The molecule has 1 aliphatic heterocycles. The molecule has 1 fully saturated rings. The Hall–Kier alpha value is -3.29. The van der Waals surface area contributed by atoms with Crippen LogP contribution in [-0.2, 0) is 0 Å². The fraction of sp³-hybridized carbons (Fsp3) is 0.300. The first-order valence-corrected chi connectivity index (χ1v) is 13.2. The lowest BCUT2D eigenvalue weighted by molar-refractivity contribution is 0.104. The van der Waals surface area contributed by atoms with Crippen LogP contribution in [-0.4, -0.2) is 48.7 Å². The number of carbonyl (C=O) groups excluding carboxylic acids is 1. The van der Waals surface area contributed by atoms with Crippen molar-refractivity contribution in [2.75, 3.05) is 32.9 Å². The van der Waals surface area contributed by atoms with Crippen LogP contribution >= 0.6 is 11.3 Å². The van der Waals surface area contributed by atoms with Crippen LogP contribution in [0, 0.1) is 25.6 Å². The second-order valence-corrected chi connectivity index (χ2v) is 10.8. The maximum Gasteiger partial charge on any atom is 0.204 e. The van der Waals surface area contributed by atoms with Crippen molar-refractivity contribution in [2.24, 2.45) is 5.92 Å². The largest absolute Gasteiger partial charge is 0.508 e. The molecule has 1 atom stereocenters.